The Labute approximate surface area is 535 Å². The van der Waals surface area contributed by atoms with Gasteiger partial charge in [0.05, 0.1) is 59.1 Å². The number of esters is 1. The van der Waals surface area contributed by atoms with E-state index < -0.39 is 323 Å². The molecule has 95 heavy (non-hydrogen) atoms. The van der Waals surface area contributed by atoms with Gasteiger partial charge in [0.2, 0.25) is 0 Å². The van der Waals surface area contributed by atoms with Crippen LogP contribution >= 0.6 is 0 Å². The Morgan fingerprint density at radius 2 is 0.389 bits per heavy atom. The van der Waals surface area contributed by atoms with E-state index in [2.05, 4.69) is 0 Å². The summed E-state index contributed by atoms with van der Waals surface area (Å²) in [6, 6.07) is 0. The second-order valence-electron chi connectivity index (χ2n) is 23.9. The van der Waals surface area contributed by atoms with Gasteiger partial charge in [-0.1, -0.05) is 0 Å². The largest absolute Gasteiger partial charge is 0.481 e. The molecule has 30 rings (SSSR count). The van der Waals surface area contributed by atoms with Gasteiger partial charge in [-0.15, -0.1) is 0 Å². The lowest BCUT2D eigenvalue weighted by atomic mass is 9.94. The van der Waals surface area contributed by atoms with E-state index in [9.17, 15) is 127 Å². The number of aliphatic hydroxyl groups is 23. The van der Waals surface area contributed by atoms with Crippen LogP contribution in [0.4, 0.5) is 0 Å². The first-order chi connectivity index (χ1) is 45.1. The minimum atomic E-state index is -2.37. The van der Waals surface area contributed by atoms with E-state index in [0.29, 0.717) is 0 Å². The molecule has 40 atom stereocenters. The van der Waals surface area contributed by atoms with E-state index >= 15 is 0 Å². The number of aliphatic hydroxyl groups excluding tert-OH is 23. The maximum absolute atomic E-state index is 12.7. The molecular weight excluding hydrogens is 1310 g/mol. The van der Waals surface area contributed by atoms with E-state index in [0.717, 1.165) is 0 Å². The number of hydrogen-bond acceptors (Lipinski definition) is 42. The molecule has 16 bridgehead atoms. The standard InChI is InChI=1S/C52H84O43/c53-3-11-37-21(63)29(71)45(80-11)89-38-12(4-54)82-47(31(73)23(38)65)91-40-14(6-56)84-49(33(75)25(40)67)93-42-16(8-58)86-51(35(77)27(42)69)95-44-18(10-79-20(62)2-1-19(60)61)87-52(36(78)28(44)70)94-43-17(9-59)85-50(34(76)26(43)68)92-41-15(7-57)83-48(32(74)24(41)66)90-39-13(5-55)81-46(88-37)30(72)22(39)64/h11-18,21-59,63-78H,1-10H2,(H,60,61)/t11-,12-,13-,14-,15-,16-,17-,18-,21-,22+,23-,24-,25-,26-,27-,28-,29-,30+,31-,32-,33-,34-,35-,36-,37-,38-,39-,40-,41-,42-,43-,44-,45-,46-,47-,48-,49-,50-,51-,52-/m1/s1. The minimum absolute atomic E-state index is 0.735. The highest BCUT2D eigenvalue weighted by molar-refractivity contribution is 5.76. The van der Waals surface area contributed by atoms with Gasteiger partial charge in [0.1, 0.15) is 202 Å². The lowest BCUT2D eigenvalue weighted by Gasteiger charge is -2.50. The average Bonchev–Trinajstić information content (AvgIpc) is 0.814. The molecule has 0 saturated carbocycles. The Hall–Kier alpha value is -2.62. The molecule has 30 aliphatic heterocycles. The monoisotopic (exact) mass is 1400 g/mol. The molecule has 0 spiro atoms. The van der Waals surface area contributed by atoms with Crippen LogP contribution in [-0.2, 0) is 90.1 Å². The first kappa shape index (κ1) is 76.6. The molecule has 0 aliphatic carbocycles. The van der Waals surface area contributed by atoms with E-state index in [4.69, 9.17) is 85.6 Å². The van der Waals surface area contributed by atoms with Crippen molar-refractivity contribution in [2.45, 2.75) is 258 Å². The van der Waals surface area contributed by atoms with Gasteiger partial charge in [-0.3, -0.25) is 9.59 Å². The molecule has 43 nitrogen and oxygen atoms in total. The number of carboxylic acid groups (broad SMARTS) is 1. The molecule has 550 valence electrons. The van der Waals surface area contributed by atoms with Crippen LogP contribution in [0.2, 0.25) is 0 Å². The SMILES string of the molecule is O=C(O)CCC(=O)OC[C@H]1O[C@@H]2O[C@H]3[C@H](O)[C@@H](O)[C@@H](O[C@H]4[C@H](O)[C@@H](O)[C@@H](O[C@H]5[C@@H](O)[C@H](O)[C@@H](O[C@H]6[C@H](O)[C@@H](O)[C@@H](O[C@H]7[C@H](O)[C@@H](O)[C@@H](O[C@H]8[C@H](O)[C@@H](O)[C@@H](O[C@H]9[C@H](O)[C@@H](O)[C@@H](O[C@H]1[C@H](O)[C@H]2O)O[C@@H]9CO)O[C@@H]8CO)O[C@@H]7CO)O[C@@H]6CO)O[C@@H]5CO)O[C@@H]4CO)O[C@@H]3CO. The van der Waals surface area contributed by atoms with E-state index in [-0.39, 0.29) is 0 Å². The van der Waals surface area contributed by atoms with Crippen molar-refractivity contribution in [2.24, 2.45) is 0 Å². The topological polar surface area (TPSA) is 677 Å². The van der Waals surface area contributed by atoms with Crippen molar-refractivity contribution in [1.82, 2.24) is 0 Å². The molecule has 0 aromatic rings. The lowest BCUT2D eigenvalue weighted by molar-refractivity contribution is -0.404. The van der Waals surface area contributed by atoms with Gasteiger partial charge in [0, 0.05) is 0 Å². The smallest absolute Gasteiger partial charge is 0.306 e. The van der Waals surface area contributed by atoms with E-state index in [1.54, 1.807) is 0 Å². The maximum Gasteiger partial charge on any atom is 0.306 e. The van der Waals surface area contributed by atoms with Gasteiger partial charge in [0.15, 0.2) is 50.3 Å². The summed E-state index contributed by atoms with van der Waals surface area (Å²) in [6.45, 7) is -8.86. The van der Waals surface area contributed by atoms with E-state index in [1.165, 1.54) is 0 Å². The lowest BCUT2D eigenvalue weighted by Crippen LogP contribution is -2.69. The van der Waals surface area contributed by atoms with Crippen LogP contribution in [0.3, 0.4) is 0 Å². The molecule has 43 heteroatoms. The predicted molar refractivity (Wildman–Crippen MR) is 282 cm³/mol. The zero-order valence-corrected chi connectivity index (χ0v) is 49.7. The Bertz CT molecular complexity index is 2390. The zero-order chi connectivity index (χ0) is 69.3. The van der Waals surface area contributed by atoms with Crippen LogP contribution in [0.25, 0.3) is 0 Å². The number of rotatable bonds is 12. The fourth-order valence-electron chi connectivity index (χ4n) is 12.3. The molecule has 0 amide bonds. The molecule has 30 aliphatic rings. The third-order valence-corrected chi connectivity index (χ3v) is 17.7. The number of carbonyl (C=O) groups excluding carboxylic acids is 1. The van der Waals surface area contributed by atoms with Gasteiger partial charge in [-0.25, -0.2) is 0 Å². The van der Waals surface area contributed by atoms with Crippen LogP contribution in [0.5, 0.6) is 0 Å². The van der Waals surface area contributed by atoms with Gasteiger partial charge in [-0.05, 0) is 0 Å². The van der Waals surface area contributed by atoms with Crippen LogP contribution < -0.4 is 0 Å². The first-order valence-electron chi connectivity index (χ1n) is 30.2. The summed E-state index contributed by atoms with van der Waals surface area (Å²) < 4.78 is 96.8. The summed E-state index contributed by atoms with van der Waals surface area (Å²) >= 11 is 0. The van der Waals surface area contributed by atoms with Crippen molar-refractivity contribution in [3.63, 3.8) is 0 Å². The Morgan fingerprint density at radius 3 is 0.547 bits per heavy atom. The number of hydrogen-bond donors (Lipinski definition) is 24. The van der Waals surface area contributed by atoms with Crippen molar-refractivity contribution < 1.29 is 213 Å². The quantitative estimate of drug-likeness (QED) is 0.0807. The second-order valence-corrected chi connectivity index (χ2v) is 23.9. The van der Waals surface area contributed by atoms with Gasteiger partial charge >= 0.3 is 11.9 Å². The molecule has 0 unspecified atom stereocenters. The summed E-state index contributed by atoms with van der Waals surface area (Å²) in [7, 11) is 0. The first-order valence-corrected chi connectivity index (χ1v) is 30.2. The van der Waals surface area contributed by atoms with E-state index in [1.807, 2.05) is 0 Å². The number of carboxylic acids is 1. The molecule has 30 fully saturated rings. The van der Waals surface area contributed by atoms with Crippen molar-refractivity contribution >= 4 is 11.9 Å². The second kappa shape index (κ2) is 33.0. The molecular formula is C52H84O43. The maximum atomic E-state index is 12.7. The summed E-state index contributed by atoms with van der Waals surface area (Å²) in [5.74, 6) is -2.61. The van der Waals surface area contributed by atoms with Crippen molar-refractivity contribution in [3.8, 4) is 0 Å². The van der Waals surface area contributed by atoms with Gasteiger partial charge < -0.3 is 203 Å². The van der Waals surface area contributed by atoms with Crippen LogP contribution in [0.1, 0.15) is 12.8 Å². The molecule has 0 radical (unpaired) electrons. The number of aliphatic carboxylic acids is 1. The van der Waals surface area contributed by atoms with Crippen LogP contribution in [0.15, 0.2) is 0 Å². The molecule has 0 aromatic carbocycles. The number of ether oxygens (including phenoxy) is 17. The molecule has 30 heterocycles. The number of carbonyl (C=O) groups is 2. The Kier molecular flexibility index (Phi) is 26.6. The highest BCUT2D eigenvalue weighted by atomic mass is 16.8. The molecule has 0 aromatic heterocycles. The summed E-state index contributed by atoms with van der Waals surface area (Å²) in [5, 5.41) is 266. The Morgan fingerprint density at radius 1 is 0.232 bits per heavy atom. The van der Waals surface area contributed by atoms with Crippen LogP contribution in [0, 0.1) is 0 Å². The third kappa shape index (κ3) is 16.0. The minimum Gasteiger partial charge on any atom is -0.481 e. The fourth-order valence-corrected chi connectivity index (χ4v) is 12.3. The third-order valence-electron chi connectivity index (χ3n) is 17.7. The molecule has 30 saturated heterocycles. The average molecular weight is 1400 g/mol. The summed E-state index contributed by atoms with van der Waals surface area (Å²) in [6.07, 6.45) is -85.9. The van der Waals surface area contributed by atoms with Gasteiger partial charge in [0.25, 0.3) is 0 Å². The van der Waals surface area contributed by atoms with Crippen LogP contribution in [-0.4, -0.2) is 433 Å². The van der Waals surface area contributed by atoms with Crippen molar-refractivity contribution in [3.05, 3.63) is 0 Å². The fraction of sp³-hybridized carbons (Fsp3) is 0.962. The van der Waals surface area contributed by atoms with Crippen molar-refractivity contribution in [1.29, 1.82) is 0 Å². The summed E-state index contributed by atoms with van der Waals surface area (Å²) in [4.78, 5) is 24.0. The summed E-state index contributed by atoms with van der Waals surface area (Å²) in [5.41, 5.74) is 0. The Balaban J connectivity index is 0.996. The highest BCUT2D eigenvalue weighted by Gasteiger charge is 2.60. The normalized spacial score (nSPS) is 52.0. The van der Waals surface area contributed by atoms with Gasteiger partial charge in [-0.2, -0.15) is 0 Å². The van der Waals surface area contributed by atoms with Crippen molar-refractivity contribution in [2.75, 3.05) is 52.9 Å². The molecule has 24 N–H and O–H groups in total. The highest BCUT2D eigenvalue weighted by Crippen LogP contribution is 2.40. The zero-order valence-electron chi connectivity index (χ0n) is 49.7. The predicted octanol–water partition coefficient (Wildman–Crippen LogP) is -17.0.